The molecule has 21 heavy (non-hydrogen) atoms. The lowest BCUT2D eigenvalue weighted by molar-refractivity contribution is -0.384. The Morgan fingerprint density at radius 1 is 1.10 bits per heavy atom. The zero-order valence-electron chi connectivity index (χ0n) is 10.6. The number of hydrogen-bond acceptors (Lipinski definition) is 5. The van der Waals surface area contributed by atoms with Gasteiger partial charge in [0.15, 0.2) is 0 Å². The van der Waals surface area contributed by atoms with E-state index in [1.165, 1.54) is 12.1 Å². The van der Waals surface area contributed by atoms with E-state index in [1.54, 1.807) is 12.1 Å². The molecule has 0 aliphatic heterocycles. The maximum Gasteiger partial charge on any atom is 0.270 e. The van der Waals surface area contributed by atoms with E-state index in [1.807, 2.05) is 24.3 Å². The summed E-state index contributed by atoms with van der Waals surface area (Å²) in [6.45, 7) is 0. The van der Waals surface area contributed by atoms with Crippen LogP contribution in [0.5, 0.6) is 0 Å². The van der Waals surface area contributed by atoms with E-state index < -0.39 is 4.92 Å². The molecule has 3 rings (SSSR count). The number of non-ortho nitro benzene ring substituents is 1. The van der Waals surface area contributed by atoms with Crippen molar-refractivity contribution in [2.75, 3.05) is 0 Å². The van der Waals surface area contributed by atoms with Crippen LogP contribution in [0.2, 0.25) is 0 Å². The summed E-state index contributed by atoms with van der Waals surface area (Å²) in [6.07, 6.45) is 0. The largest absolute Gasteiger partial charge is 0.334 e. The predicted molar refractivity (Wildman–Crippen MR) is 84.5 cm³/mol. The van der Waals surface area contributed by atoms with Crippen LogP contribution in [0.15, 0.2) is 53.1 Å². The summed E-state index contributed by atoms with van der Waals surface area (Å²) in [6, 6.07) is 13.8. The third kappa shape index (κ3) is 2.92. The first kappa shape index (κ1) is 13.7. The average molecular weight is 393 g/mol. The molecule has 1 heterocycles. The van der Waals surface area contributed by atoms with Crippen molar-refractivity contribution in [2.24, 2.45) is 0 Å². The first-order chi connectivity index (χ1) is 10.1. The monoisotopic (exact) mass is 393 g/mol. The van der Waals surface area contributed by atoms with E-state index in [4.69, 9.17) is 4.52 Å². The van der Waals surface area contributed by atoms with E-state index in [-0.39, 0.29) is 5.69 Å². The van der Waals surface area contributed by atoms with Crippen molar-refractivity contribution in [3.8, 4) is 22.8 Å². The zero-order chi connectivity index (χ0) is 14.8. The molecule has 0 spiro atoms. The van der Waals surface area contributed by atoms with Crippen molar-refractivity contribution >= 4 is 28.3 Å². The maximum absolute atomic E-state index is 10.8. The topological polar surface area (TPSA) is 82.1 Å². The Kier molecular flexibility index (Phi) is 3.65. The molecular weight excluding hydrogens is 385 g/mol. The second-order valence-corrected chi connectivity index (χ2v) is 5.49. The molecular formula is C14H8IN3O3. The average Bonchev–Trinajstić information content (AvgIpc) is 2.97. The Morgan fingerprint density at radius 2 is 1.86 bits per heavy atom. The maximum atomic E-state index is 10.8. The van der Waals surface area contributed by atoms with Gasteiger partial charge < -0.3 is 4.52 Å². The lowest BCUT2D eigenvalue weighted by Crippen LogP contribution is -1.88. The summed E-state index contributed by atoms with van der Waals surface area (Å²) >= 11 is 2.20. The molecule has 0 atom stereocenters. The fourth-order valence-electron chi connectivity index (χ4n) is 1.84. The Bertz CT molecular complexity index is 816. The minimum Gasteiger partial charge on any atom is -0.334 e. The Labute approximate surface area is 133 Å². The quantitative estimate of drug-likeness (QED) is 0.383. The lowest BCUT2D eigenvalue weighted by Gasteiger charge is -1.95. The van der Waals surface area contributed by atoms with E-state index in [0.29, 0.717) is 17.3 Å². The third-order valence-corrected chi connectivity index (χ3v) is 3.48. The molecule has 0 N–H and O–H groups in total. The molecule has 7 heteroatoms. The molecule has 2 aromatic carbocycles. The zero-order valence-corrected chi connectivity index (χ0v) is 12.7. The standard InChI is InChI=1S/C14H8IN3O3/c15-11-5-1-4-10(7-11)14-16-13(17-21-14)9-3-2-6-12(8-9)18(19)20/h1-8H. The number of aromatic nitrogens is 2. The molecule has 0 saturated carbocycles. The van der Waals surface area contributed by atoms with Crippen molar-refractivity contribution in [1.29, 1.82) is 0 Å². The van der Waals surface area contributed by atoms with Gasteiger partial charge >= 0.3 is 0 Å². The SMILES string of the molecule is O=[N+]([O-])c1cccc(-c2noc(-c3cccc(I)c3)n2)c1. The third-order valence-electron chi connectivity index (χ3n) is 2.81. The van der Waals surface area contributed by atoms with Crippen molar-refractivity contribution in [1.82, 2.24) is 10.1 Å². The highest BCUT2D eigenvalue weighted by Crippen LogP contribution is 2.25. The van der Waals surface area contributed by atoms with Gasteiger partial charge in [-0.15, -0.1) is 0 Å². The van der Waals surface area contributed by atoms with E-state index in [0.717, 1.165) is 9.13 Å². The Hall–Kier alpha value is -2.29. The van der Waals surface area contributed by atoms with Crippen molar-refractivity contribution in [2.45, 2.75) is 0 Å². The number of benzene rings is 2. The molecule has 0 fully saturated rings. The first-order valence-corrected chi connectivity index (χ1v) is 7.06. The van der Waals surface area contributed by atoms with Gasteiger partial charge in [0.1, 0.15) is 0 Å². The van der Waals surface area contributed by atoms with Gasteiger partial charge in [-0.1, -0.05) is 23.4 Å². The molecule has 0 bridgehead atoms. The number of nitro benzene ring substituents is 1. The molecule has 6 nitrogen and oxygen atoms in total. The van der Waals surface area contributed by atoms with Crippen molar-refractivity contribution in [3.05, 3.63) is 62.2 Å². The number of halogens is 1. The van der Waals surface area contributed by atoms with Crippen molar-refractivity contribution in [3.63, 3.8) is 0 Å². The van der Waals surface area contributed by atoms with Gasteiger partial charge in [0.05, 0.1) is 4.92 Å². The summed E-state index contributed by atoms with van der Waals surface area (Å²) in [5.41, 5.74) is 1.35. The summed E-state index contributed by atoms with van der Waals surface area (Å²) in [7, 11) is 0. The molecule has 104 valence electrons. The minimum absolute atomic E-state index is 0.00638. The number of hydrogen-bond donors (Lipinski definition) is 0. The second-order valence-electron chi connectivity index (χ2n) is 4.24. The van der Waals surface area contributed by atoms with Gasteiger partial charge in [-0.2, -0.15) is 4.98 Å². The molecule has 0 aliphatic carbocycles. The minimum atomic E-state index is -0.454. The fourth-order valence-corrected chi connectivity index (χ4v) is 2.38. The molecule has 0 saturated heterocycles. The van der Waals surface area contributed by atoms with Crippen LogP contribution in [0, 0.1) is 13.7 Å². The van der Waals surface area contributed by atoms with Crippen LogP contribution >= 0.6 is 22.6 Å². The Morgan fingerprint density at radius 3 is 2.62 bits per heavy atom. The van der Waals surface area contributed by atoms with Gasteiger partial charge in [-0.05, 0) is 40.8 Å². The fraction of sp³-hybridized carbons (Fsp3) is 0. The van der Waals surface area contributed by atoms with Gasteiger partial charge in [0.25, 0.3) is 11.6 Å². The summed E-state index contributed by atoms with van der Waals surface area (Å²) in [5, 5.41) is 14.7. The Balaban J connectivity index is 1.98. The molecule has 3 aromatic rings. The number of rotatable bonds is 3. The van der Waals surface area contributed by atoms with E-state index in [2.05, 4.69) is 32.7 Å². The highest BCUT2D eigenvalue weighted by atomic mass is 127. The van der Waals surface area contributed by atoms with Crippen LogP contribution in [0.4, 0.5) is 5.69 Å². The number of nitro groups is 1. The normalized spacial score (nSPS) is 10.5. The molecule has 0 amide bonds. The van der Waals surface area contributed by atoms with Crippen LogP contribution in [0.1, 0.15) is 0 Å². The van der Waals surface area contributed by atoms with Gasteiger partial charge in [-0.25, -0.2) is 0 Å². The highest BCUT2D eigenvalue weighted by molar-refractivity contribution is 14.1. The molecule has 0 radical (unpaired) electrons. The summed E-state index contributed by atoms with van der Waals surface area (Å²) in [4.78, 5) is 14.6. The second kappa shape index (κ2) is 5.60. The van der Waals surface area contributed by atoms with E-state index >= 15 is 0 Å². The summed E-state index contributed by atoms with van der Waals surface area (Å²) in [5.74, 6) is 0.711. The number of nitrogens with zero attached hydrogens (tertiary/aromatic N) is 3. The van der Waals surface area contributed by atoms with Crippen LogP contribution < -0.4 is 0 Å². The van der Waals surface area contributed by atoms with Crippen LogP contribution in [0.25, 0.3) is 22.8 Å². The van der Waals surface area contributed by atoms with Crippen LogP contribution in [0.3, 0.4) is 0 Å². The van der Waals surface area contributed by atoms with Crippen LogP contribution in [-0.4, -0.2) is 15.1 Å². The smallest absolute Gasteiger partial charge is 0.270 e. The predicted octanol–water partition coefficient (Wildman–Crippen LogP) is 3.92. The molecule has 1 aromatic heterocycles. The highest BCUT2D eigenvalue weighted by Gasteiger charge is 2.13. The van der Waals surface area contributed by atoms with Crippen molar-refractivity contribution < 1.29 is 9.45 Å². The van der Waals surface area contributed by atoms with Gasteiger partial charge in [0.2, 0.25) is 5.82 Å². The molecule has 0 aliphatic rings. The van der Waals surface area contributed by atoms with E-state index in [9.17, 15) is 10.1 Å². The van der Waals surface area contributed by atoms with Gasteiger partial charge in [0, 0.05) is 26.8 Å². The summed E-state index contributed by atoms with van der Waals surface area (Å²) < 4.78 is 6.28. The lowest BCUT2D eigenvalue weighted by atomic mass is 10.2. The van der Waals surface area contributed by atoms with Crippen LogP contribution in [-0.2, 0) is 0 Å². The molecule has 0 unspecified atom stereocenters. The first-order valence-electron chi connectivity index (χ1n) is 5.98. The van der Waals surface area contributed by atoms with Gasteiger partial charge in [-0.3, -0.25) is 10.1 Å².